The zero-order valence-corrected chi connectivity index (χ0v) is 13.7. The van der Waals surface area contributed by atoms with Crippen molar-refractivity contribution in [2.24, 2.45) is 0 Å². The molecule has 2 amide bonds. The number of cyclic esters (lactones) is 1. The van der Waals surface area contributed by atoms with E-state index in [0.717, 1.165) is 29.8 Å². The third-order valence-corrected chi connectivity index (χ3v) is 4.42. The number of amides is 2. The Labute approximate surface area is 144 Å². The van der Waals surface area contributed by atoms with E-state index >= 15 is 0 Å². The van der Waals surface area contributed by atoms with Gasteiger partial charge in [0.05, 0.1) is 6.54 Å². The monoisotopic (exact) mass is 341 g/mol. The van der Waals surface area contributed by atoms with Crippen LogP contribution in [0.4, 0.5) is 10.5 Å². The van der Waals surface area contributed by atoms with Crippen LogP contribution in [0.15, 0.2) is 24.3 Å². The van der Waals surface area contributed by atoms with E-state index in [9.17, 15) is 9.59 Å². The summed E-state index contributed by atoms with van der Waals surface area (Å²) in [4.78, 5) is 25.7. The smallest absolute Gasteiger partial charge is 0.410 e. The van der Waals surface area contributed by atoms with E-state index in [-0.39, 0.29) is 12.0 Å². The highest BCUT2D eigenvalue weighted by Crippen LogP contribution is 2.19. The Bertz CT molecular complexity index is 816. The number of hydrogen-bond donors (Lipinski definition) is 3. The first-order valence-electron chi connectivity index (χ1n) is 8.29. The van der Waals surface area contributed by atoms with Gasteiger partial charge >= 0.3 is 6.09 Å². The molecule has 0 saturated carbocycles. The number of fused-ring (bicyclic) bond motifs is 1. The molecule has 0 bridgehead atoms. The number of rotatable bonds is 4. The number of H-pyrrole nitrogens is 1. The first-order valence-corrected chi connectivity index (χ1v) is 8.29. The summed E-state index contributed by atoms with van der Waals surface area (Å²) in [6.45, 7) is 3.00. The Hall–Kier alpha value is -2.87. The third kappa shape index (κ3) is 3.20. The predicted octanol–water partition coefficient (Wildman–Crippen LogP) is 1.26. The molecule has 2 aliphatic heterocycles. The molecule has 130 valence electrons. The van der Waals surface area contributed by atoms with Gasteiger partial charge in [0.15, 0.2) is 5.69 Å². The third-order valence-electron chi connectivity index (χ3n) is 4.42. The second kappa shape index (κ2) is 6.56. The predicted molar refractivity (Wildman–Crippen MR) is 90.2 cm³/mol. The molecule has 1 fully saturated rings. The van der Waals surface area contributed by atoms with E-state index in [1.807, 2.05) is 24.3 Å². The largest absolute Gasteiger partial charge is 0.448 e. The average molecular weight is 341 g/mol. The first kappa shape index (κ1) is 15.6. The molecule has 8 nitrogen and oxygen atoms in total. The fourth-order valence-corrected chi connectivity index (χ4v) is 3.14. The summed E-state index contributed by atoms with van der Waals surface area (Å²) in [6, 6.07) is 7.46. The van der Waals surface area contributed by atoms with Crippen molar-refractivity contribution in [3.63, 3.8) is 0 Å². The second-order valence-corrected chi connectivity index (χ2v) is 6.15. The molecule has 0 unspecified atom stereocenters. The number of carbonyl (C=O) groups excluding carboxylic acids is 2. The molecule has 1 saturated heterocycles. The Morgan fingerprint density at radius 3 is 3.16 bits per heavy atom. The molecule has 2 aromatic rings. The van der Waals surface area contributed by atoms with Crippen LogP contribution in [0.5, 0.6) is 0 Å². The minimum absolute atomic E-state index is 0.237. The summed E-state index contributed by atoms with van der Waals surface area (Å²) < 4.78 is 4.93. The van der Waals surface area contributed by atoms with E-state index in [4.69, 9.17) is 4.74 Å². The van der Waals surface area contributed by atoms with Gasteiger partial charge in [-0.05, 0) is 17.7 Å². The first-order chi connectivity index (χ1) is 12.2. The molecule has 0 radical (unpaired) electrons. The van der Waals surface area contributed by atoms with E-state index in [2.05, 4.69) is 20.8 Å². The Balaban J connectivity index is 1.47. The van der Waals surface area contributed by atoms with Crippen molar-refractivity contribution in [2.75, 3.05) is 25.0 Å². The van der Waals surface area contributed by atoms with Crippen LogP contribution in [0.2, 0.25) is 0 Å². The number of nitrogens with one attached hydrogen (secondary N) is 3. The van der Waals surface area contributed by atoms with Crippen LogP contribution in [0.1, 0.15) is 27.3 Å². The van der Waals surface area contributed by atoms with Gasteiger partial charge in [0, 0.05) is 43.0 Å². The van der Waals surface area contributed by atoms with Crippen molar-refractivity contribution < 1.29 is 14.3 Å². The van der Waals surface area contributed by atoms with Gasteiger partial charge in [-0.15, -0.1) is 0 Å². The molecule has 25 heavy (non-hydrogen) atoms. The number of aromatic amines is 1. The van der Waals surface area contributed by atoms with Crippen molar-refractivity contribution in [1.29, 1.82) is 0 Å². The van der Waals surface area contributed by atoms with Crippen LogP contribution in [0.3, 0.4) is 0 Å². The van der Waals surface area contributed by atoms with Crippen LogP contribution in [0, 0.1) is 0 Å². The van der Waals surface area contributed by atoms with Crippen LogP contribution in [-0.2, 0) is 24.2 Å². The summed E-state index contributed by atoms with van der Waals surface area (Å²) in [5.74, 6) is -0.237. The molecule has 0 aliphatic carbocycles. The number of anilines is 1. The SMILES string of the molecule is O=C(Nc1cccc(CN2CCOC2=O)c1)c1n[nH]c2c1CNCC2. The highest BCUT2D eigenvalue weighted by Gasteiger charge is 2.23. The number of benzene rings is 1. The Kier molecular flexibility index (Phi) is 4.10. The average Bonchev–Trinajstić information content (AvgIpc) is 3.22. The molecular weight excluding hydrogens is 322 g/mol. The molecule has 1 aromatic heterocycles. The normalized spacial score (nSPS) is 16.5. The number of aromatic nitrogens is 2. The van der Waals surface area contributed by atoms with Crippen LogP contribution >= 0.6 is 0 Å². The highest BCUT2D eigenvalue weighted by atomic mass is 16.6. The van der Waals surface area contributed by atoms with Crippen molar-refractivity contribution >= 4 is 17.7 Å². The number of nitrogens with zero attached hydrogens (tertiary/aromatic N) is 2. The Morgan fingerprint density at radius 1 is 1.40 bits per heavy atom. The summed E-state index contributed by atoms with van der Waals surface area (Å²) in [6.07, 6.45) is 0.543. The minimum Gasteiger partial charge on any atom is -0.448 e. The molecule has 4 rings (SSSR count). The summed E-state index contributed by atoms with van der Waals surface area (Å²) in [5, 5.41) is 13.2. The zero-order chi connectivity index (χ0) is 17.2. The lowest BCUT2D eigenvalue weighted by Gasteiger charge is -2.14. The van der Waals surface area contributed by atoms with Gasteiger partial charge in [-0.25, -0.2) is 4.79 Å². The fraction of sp³-hybridized carbons (Fsp3) is 0.353. The summed E-state index contributed by atoms with van der Waals surface area (Å²) in [5.41, 5.74) is 3.98. The van der Waals surface area contributed by atoms with E-state index in [1.54, 1.807) is 4.90 Å². The van der Waals surface area contributed by atoms with Crippen LogP contribution < -0.4 is 10.6 Å². The molecule has 1 aromatic carbocycles. The molecule has 2 aliphatic rings. The molecular formula is C17H19N5O3. The van der Waals surface area contributed by atoms with Gasteiger partial charge < -0.3 is 20.3 Å². The van der Waals surface area contributed by atoms with Crippen molar-refractivity contribution in [2.45, 2.75) is 19.5 Å². The maximum Gasteiger partial charge on any atom is 0.410 e. The standard InChI is InChI=1S/C17H19N5O3/c23-16(15-13-9-18-5-4-14(13)20-21-15)19-12-3-1-2-11(8-12)10-22-6-7-25-17(22)24/h1-3,8,18H,4-7,9-10H2,(H,19,23)(H,20,21). The highest BCUT2D eigenvalue weighted by molar-refractivity contribution is 6.04. The fourth-order valence-electron chi connectivity index (χ4n) is 3.14. The molecule has 3 heterocycles. The van der Waals surface area contributed by atoms with Crippen molar-refractivity contribution in [1.82, 2.24) is 20.4 Å². The minimum atomic E-state index is -0.301. The van der Waals surface area contributed by atoms with E-state index in [0.29, 0.717) is 37.6 Å². The molecule has 3 N–H and O–H groups in total. The number of hydrogen-bond acceptors (Lipinski definition) is 5. The molecule has 8 heteroatoms. The van der Waals surface area contributed by atoms with Crippen molar-refractivity contribution in [3.05, 3.63) is 46.8 Å². The maximum atomic E-state index is 12.5. The van der Waals surface area contributed by atoms with Gasteiger partial charge in [-0.1, -0.05) is 12.1 Å². The lowest BCUT2D eigenvalue weighted by molar-refractivity contribution is 0.102. The van der Waals surface area contributed by atoms with E-state index < -0.39 is 0 Å². The molecule has 0 spiro atoms. The van der Waals surface area contributed by atoms with Crippen molar-refractivity contribution in [3.8, 4) is 0 Å². The second-order valence-electron chi connectivity index (χ2n) is 6.15. The quantitative estimate of drug-likeness (QED) is 0.777. The lowest BCUT2D eigenvalue weighted by Crippen LogP contribution is -2.25. The van der Waals surface area contributed by atoms with Gasteiger partial charge in [0.1, 0.15) is 6.61 Å². The summed E-state index contributed by atoms with van der Waals surface area (Å²) in [7, 11) is 0. The Morgan fingerprint density at radius 2 is 2.32 bits per heavy atom. The van der Waals surface area contributed by atoms with Crippen LogP contribution in [-0.4, -0.2) is 46.8 Å². The van der Waals surface area contributed by atoms with E-state index in [1.165, 1.54) is 0 Å². The van der Waals surface area contributed by atoms with Crippen LogP contribution in [0.25, 0.3) is 0 Å². The number of ether oxygens (including phenoxy) is 1. The number of carbonyl (C=O) groups is 2. The lowest BCUT2D eigenvalue weighted by atomic mass is 10.1. The van der Waals surface area contributed by atoms with Gasteiger partial charge in [-0.2, -0.15) is 5.10 Å². The zero-order valence-electron chi connectivity index (χ0n) is 13.7. The summed E-state index contributed by atoms with van der Waals surface area (Å²) >= 11 is 0. The topological polar surface area (TPSA) is 99.3 Å². The van der Waals surface area contributed by atoms with Gasteiger partial charge in [0.2, 0.25) is 0 Å². The van der Waals surface area contributed by atoms with Gasteiger partial charge in [-0.3, -0.25) is 9.89 Å². The van der Waals surface area contributed by atoms with Gasteiger partial charge in [0.25, 0.3) is 5.91 Å². The molecule has 0 atom stereocenters. The maximum absolute atomic E-state index is 12.5.